The Bertz CT molecular complexity index is 705. The van der Waals surface area contributed by atoms with Crippen molar-refractivity contribution in [2.45, 2.75) is 70.4 Å². The van der Waals surface area contributed by atoms with Crippen LogP contribution in [0.15, 0.2) is 17.3 Å². The second-order valence-corrected chi connectivity index (χ2v) is 8.67. The molecular weight excluding hydrogens is 330 g/mol. The maximum Gasteiger partial charge on any atom is 0.161 e. The Balaban J connectivity index is 1.78. The zero-order valence-corrected chi connectivity index (χ0v) is 15.6. The molecule has 1 aromatic carbocycles. The predicted octanol–water partition coefficient (Wildman–Crippen LogP) is 4.14. The van der Waals surface area contributed by atoms with Gasteiger partial charge < -0.3 is 14.9 Å². The van der Waals surface area contributed by atoms with Gasteiger partial charge >= 0.3 is 0 Å². The average Bonchev–Trinajstić information content (AvgIpc) is 2.83. The lowest BCUT2D eigenvalue weighted by atomic mass is 9.58. The van der Waals surface area contributed by atoms with Gasteiger partial charge in [0.05, 0.1) is 18.8 Å². The molecule has 5 nitrogen and oxygen atoms in total. The van der Waals surface area contributed by atoms with Gasteiger partial charge in [-0.3, -0.25) is 0 Å². The van der Waals surface area contributed by atoms with E-state index < -0.39 is 0 Å². The molecule has 4 unspecified atom stereocenters. The summed E-state index contributed by atoms with van der Waals surface area (Å²) in [7, 11) is 0. The van der Waals surface area contributed by atoms with E-state index in [1.165, 1.54) is 5.56 Å². The fourth-order valence-electron chi connectivity index (χ4n) is 6.13. The second kappa shape index (κ2) is 6.52. The lowest BCUT2D eigenvalue weighted by Crippen LogP contribution is -2.42. The van der Waals surface area contributed by atoms with Crippen LogP contribution in [-0.2, 0) is 6.42 Å². The highest BCUT2D eigenvalue weighted by molar-refractivity contribution is 5.49. The first-order valence-corrected chi connectivity index (χ1v) is 9.97. The van der Waals surface area contributed by atoms with Crippen LogP contribution < -0.4 is 4.74 Å². The fourth-order valence-corrected chi connectivity index (χ4v) is 6.13. The Morgan fingerprint density at radius 1 is 1.31 bits per heavy atom. The highest BCUT2D eigenvalue weighted by atomic mass is 16.5. The van der Waals surface area contributed by atoms with Gasteiger partial charge in [-0.1, -0.05) is 12.1 Å². The van der Waals surface area contributed by atoms with Gasteiger partial charge in [0.25, 0.3) is 0 Å². The van der Waals surface area contributed by atoms with Gasteiger partial charge in [-0.15, -0.1) is 0 Å². The fraction of sp³-hybridized carbons (Fsp3) is 0.714. The normalized spacial score (nSPS) is 38.7. The summed E-state index contributed by atoms with van der Waals surface area (Å²) in [6.07, 6.45) is 5.01. The quantitative estimate of drug-likeness (QED) is 0.795. The number of fused-ring (bicyclic) bond motifs is 5. The minimum Gasteiger partial charge on any atom is -0.504 e. The van der Waals surface area contributed by atoms with Crippen LogP contribution >= 0.6 is 0 Å². The maximum absolute atomic E-state index is 11.5. The Hall–Kier alpha value is -1.62. The van der Waals surface area contributed by atoms with Crippen LogP contribution in [0.4, 0.5) is 0 Å². The van der Waals surface area contributed by atoms with E-state index >= 15 is 0 Å². The summed E-state index contributed by atoms with van der Waals surface area (Å²) in [4.78, 5) is 11.5. The number of rotatable bonds is 3. The van der Waals surface area contributed by atoms with E-state index in [1.807, 2.05) is 13.0 Å². The van der Waals surface area contributed by atoms with Crippen molar-refractivity contribution >= 4 is 0 Å². The summed E-state index contributed by atoms with van der Waals surface area (Å²) < 4.78 is 5.62. The first-order chi connectivity index (χ1) is 12.5. The Kier molecular flexibility index (Phi) is 4.46. The summed E-state index contributed by atoms with van der Waals surface area (Å²) in [5, 5.41) is 24.3. The molecule has 3 aliphatic carbocycles. The third-order valence-corrected chi connectivity index (χ3v) is 7.46. The largest absolute Gasteiger partial charge is 0.504 e. The molecule has 0 radical (unpaired) electrons. The predicted molar refractivity (Wildman–Crippen MR) is 99.5 cm³/mol. The lowest BCUT2D eigenvalue weighted by Gasteiger charge is -2.47. The molecular formula is C21H29NO4. The van der Waals surface area contributed by atoms with Crippen molar-refractivity contribution in [1.82, 2.24) is 0 Å². The molecule has 6 atom stereocenters. The van der Waals surface area contributed by atoms with Gasteiger partial charge in [0, 0.05) is 0 Å². The monoisotopic (exact) mass is 359 g/mol. The molecule has 142 valence electrons. The Morgan fingerprint density at radius 3 is 2.85 bits per heavy atom. The topological polar surface area (TPSA) is 79.1 Å². The van der Waals surface area contributed by atoms with E-state index in [2.05, 4.69) is 12.1 Å². The van der Waals surface area contributed by atoms with Crippen molar-refractivity contribution in [3.63, 3.8) is 0 Å². The number of aliphatic hydroxyl groups excluding tert-OH is 1. The Morgan fingerprint density at radius 2 is 2.12 bits per heavy atom. The van der Waals surface area contributed by atoms with Gasteiger partial charge in [-0.05, 0) is 91.9 Å². The molecule has 3 aliphatic rings. The number of nitroso groups, excluding NO2 is 1. The van der Waals surface area contributed by atoms with Gasteiger partial charge in [0.2, 0.25) is 0 Å². The zero-order chi connectivity index (χ0) is 18.5. The highest BCUT2D eigenvalue weighted by Crippen LogP contribution is 2.61. The summed E-state index contributed by atoms with van der Waals surface area (Å²) >= 11 is 0. The number of hydrogen-bond acceptors (Lipinski definition) is 5. The lowest BCUT2D eigenvalue weighted by molar-refractivity contribution is -0.0210. The number of phenolic OH excluding ortho intramolecular Hbond substituents is 1. The molecule has 26 heavy (non-hydrogen) atoms. The number of ether oxygens (including phenoxy) is 1. The van der Waals surface area contributed by atoms with E-state index in [0.717, 1.165) is 37.7 Å². The Labute approximate surface area is 154 Å². The molecule has 5 heteroatoms. The van der Waals surface area contributed by atoms with Crippen molar-refractivity contribution in [3.05, 3.63) is 28.2 Å². The van der Waals surface area contributed by atoms with Gasteiger partial charge in [0.1, 0.15) is 0 Å². The molecule has 0 aromatic heterocycles. The molecule has 4 rings (SSSR count). The van der Waals surface area contributed by atoms with E-state index in [9.17, 15) is 15.1 Å². The van der Waals surface area contributed by atoms with Crippen LogP contribution in [0.5, 0.6) is 11.5 Å². The maximum atomic E-state index is 11.5. The molecule has 2 fully saturated rings. The van der Waals surface area contributed by atoms with Crippen molar-refractivity contribution in [2.24, 2.45) is 22.4 Å². The first-order valence-electron chi connectivity index (χ1n) is 9.97. The van der Waals surface area contributed by atoms with Crippen LogP contribution in [0.25, 0.3) is 0 Å². The van der Waals surface area contributed by atoms with Gasteiger partial charge in [-0.25, -0.2) is 0 Å². The number of aromatic hydroxyl groups is 1. The van der Waals surface area contributed by atoms with Gasteiger partial charge in [0.15, 0.2) is 11.5 Å². The third-order valence-electron chi connectivity index (χ3n) is 7.46. The van der Waals surface area contributed by atoms with Gasteiger partial charge in [-0.2, -0.15) is 4.91 Å². The zero-order valence-electron chi connectivity index (χ0n) is 15.6. The van der Waals surface area contributed by atoms with Crippen LogP contribution in [-0.4, -0.2) is 29.0 Å². The minimum atomic E-state index is -0.263. The number of benzene rings is 1. The molecule has 2 N–H and O–H groups in total. The van der Waals surface area contributed by atoms with Crippen LogP contribution in [0.3, 0.4) is 0 Å². The SMILES string of the molecule is CCOc1cc2c(cc1O)CC(N=O)CC1C2CC[C@@]2(C)C1CC[C@@H]2O. The summed E-state index contributed by atoms with van der Waals surface area (Å²) in [6, 6.07) is 3.51. The van der Waals surface area contributed by atoms with E-state index in [-0.39, 0.29) is 23.3 Å². The number of nitrogens with zero attached hydrogens (tertiary/aromatic N) is 1. The summed E-state index contributed by atoms with van der Waals surface area (Å²) in [5.74, 6) is 1.80. The molecule has 0 saturated heterocycles. The molecule has 0 spiro atoms. The molecule has 1 aromatic rings. The molecule has 2 saturated carbocycles. The average molecular weight is 359 g/mol. The van der Waals surface area contributed by atoms with Crippen molar-refractivity contribution in [2.75, 3.05) is 6.61 Å². The summed E-state index contributed by atoms with van der Waals surface area (Å²) in [6.45, 7) is 4.64. The highest BCUT2D eigenvalue weighted by Gasteiger charge is 2.54. The van der Waals surface area contributed by atoms with Crippen molar-refractivity contribution in [3.8, 4) is 11.5 Å². The van der Waals surface area contributed by atoms with Crippen molar-refractivity contribution < 1.29 is 14.9 Å². The van der Waals surface area contributed by atoms with Crippen LogP contribution in [0.1, 0.15) is 63.0 Å². The minimum absolute atomic E-state index is 0.0429. The third kappa shape index (κ3) is 2.63. The van der Waals surface area contributed by atoms with E-state index in [0.29, 0.717) is 36.5 Å². The number of phenols is 1. The first kappa shape index (κ1) is 17.8. The standard InChI is InChI=1S/C21H29NO4/c1-3-26-19-11-15-12(9-18(19)23)8-13(22-25)10-16-14(15)6-7-21(2)17(16)4-5-20(21)24/h9,11,13-14,16-17,20,23-24H,3-8,10H2,1-2H3/t13?,14?,16?,17?,20-,21-/m0/s1. The second-order valence-electron chi connectivity index (χ2n) is 8.67. The summed E-state index contributed by atoms with van der Waals surface area (Å²) in [5.41, 5.74) is 2.20. The van der Waals surface area contributed by atoms with Crippen LogP contribution in [0.2, 0.25) is 0 Å². The van der Waals surface area contributed by atoms with E-state index in [4.69, 9.17) is 4.74 Å². The van der Waals surface area contributed by atoms with E-state index in [1.54, 1.807) is 6.07 Å². The molecule has 0 amide bonds. The van der Waals surface area contributed by atoms with Crippen LogP contribution in [0, 0.1) is 22.2 Å². The molecule has 0 aliphatic heterocycles. The number of aliphatic hydroxyl groups is 1. The molecule has 0 bridgehead atoms. The van der Waals surface area contributed by atoms with Crippen molar-refractivity contribution in [1.29, 1.82) is 0 Å². The smallest absolute Gasteiger partial charge is 0.161 e. The number of hydrogen-bond donors (Lipinski definition) is 2. The molecule has 0 heterocycles.